The molecule has 42 valence electrons. The molecule has 0 heterocycles. The van der Waals surface area contributed by atoms with E-state index in [2.05, 4.69) is 10.6 Å². The summed E-state index contributed by atoms with van der Waals surface area (Å²) in [7, 11) is 0.232. The standard InChI is InChI=1S/CH2Cl2O2P2/c1-6-5-7(2,3)4/h1H2. The Hall–Kier alpha value is 0.940. The van der Waals surface area contributed by atoms with Crippen LogP contribution < -0.4 is 0 Å². The Bertz CT molecular complexity index is 106. The third-order valence-electron chi connectivity index (χ3n) is 0.153. The van der Waals surface area contributed by atoms with Gasteiger partial charge in [-0.2, -0.15) is 0 Å². The van der Waals surface area contributed by atoms with Crippen molar-refractivity contribution in [1.82, 2.24) is 0 Å². The third kappa shape index (κ3) is 6.94. The van der Waals surface area contributed by atoms with Crippen LogP contribution in [-0.2, 0) is 8.88 Å². The lowest BCUT2D eigenvalue weighted by Crippen LogP contribution is -1.50. The highest BCUT2D eigenvalue weighted by molar-refractivity contribution is 8.06. The Morgan fingerprint density at radius 3 is 2.14 bits per heavy atom. The first-order chi connectivity index (χ1) is 3.06. The van der Waals surface area contributed by atoms with Gasteiger partial charge in [-0.15, -0.1) is 0 Å². The maximum atomic E-state index is 10.1. The molecule has 0 aliphatic rings. The first kappa shape index (κ1) is 7.94. The van der Waals surface area contributed by atoms with Crippen LogP contribution in [0.5, 0.6) is 0 Å². The van der Waals surface area contributed by atoms with Crippen LogP contribution >= 0.6 is 37.0 Å². The monoisotopic (exact) mass is 178 g/mol. The van der Waals surface area contributed by atoms with E-state index in [0.717, 1.165) is 0 Å². The van der Waals surface area contributed by atoms with Crippen LogP contribution in [0.3, 0.4) is 0 Å². The summed E-state index contributed by atoms with van der Waals surface area (Å²) in [5.41, 5.74) is 0. The van der Waals surface area contributed by atoms with Gasteiger partial charge in [0.1, 0.15) is 0 Å². The number of hydrogen-bond acceptors (Lipinski definition) is 2. The van der Waals surface area contributed by atoms with Crippen molar-refractivity contribution in [3.8, 4) is 0 Å². The van der Waals surface area contributed by atoms with Crippen LogP contribution in [0.25, 0.3) is 0 Å². The van der Waals surface area contributed by atoms with Gasteiger partial charge in [0.2, 0.25) is 0 Å². The highest BCUT2D eigenvalue weighted by Gasteiger charge is 2.10. The first-order valence-electron chi connectivity index (χ1n) is 1.20. The van der Waals surface area contributed by atoms with E-state index in [1.54, 1.807) is 0 Å². The molecular weight excluding hydrogens is 177 g/mol. The van der Waals surface area contributed by atoms with E-state index in [0.29, 0.717) is 0 Å². The summed E-state index contributed by atoms with van der Waals surface area (Å²) in [4.78, 5) is 0. The number of rotatable bonds is 2. The zero-order valence-corrected chi connectivity index (χ0v) is 6.47. The summed E-state index contributed by atoms with van der Waals surface area (Å²) in [6, 6.07) is 0. The molecule has 7 heavy (non-hydrogen) atoms. The summed E-state index contributed by atoms with van der Waals surface area (Å²) in [6.07, 6.45) is -0.116. The largest absolute Gasteiger partial charge is 0.388 e. The molecule has 0 rings (SSSR count). The Labute approximate surface area is 52.7 Å². The number of hydrogen-bond donors (Lipinski definition) is 0. The van der Waals surface area contributed by atoms with Crippen LogP contribution in [0.15, 0.2) is 0 Å². The minimum Gasteiger partial charge on any atom is -0.256 e. The molecule has 0 aromatic carbocycles. The van der Waals surface area contributed by atoms with Crippen molar-refractivity contribution in [3.63, 3.8) is 0 Å². The molecule has 6 heteroatoms. The fourth-order valence-corrected chi connectivity index (χ4v) is 1.39. The van der Waals surface area contributed by atoms with Crippen LogP contribution in [0.2, 0.25) is 0 Å². The van der Waals surface area contributed by atoms with Crippen molar-refractivity contribution >= 4 is 43.3 Å². The maximum absolute atomic E-state index is 10.1. The Morgan fingerprint density at radius 1 is 1.71 bits per heavy atom. The molecule has 0 aromatic rings. The third-order valence-corrected chi connectivity index (χ3v) is 2.49. The molecule has 0 unspecified atom stereocenters. The molecule has 2 nitrogen and oxygen atoms in total. The van der Waals surface area contributed by atoms with E-state index in [1.165, 1.54) is 0 Å². The lowest BCUT2D eigenvalue weighted by atomic mass is 12.0. The van der Waals surface area contributed by atoms with Crippen molar-refractivity contribution in [2.45, 2.75) is 0 Å². The summed E-state index contributed by atoms with van der Waals surface area (Å²) in [5.74, 6) is 0. The minimum atomic E-state index is -3.30. The van der Waals surface area contributed by atoms with Crippen LogP contribution in [-0.4, -0.2) is 6.30 Å². The molecule has 0 bridgehead atoms. The van der Waals surface area contributed by atoms with Crippen LogP contribution in [0.4, 0.5) is 0 Å². The molecule has 0 aliphatic heterocycles. The average molecular weight is 179 g/mol. The molecule has 0 fully saturated rings. The number of halogens is 2. The van der Waals surface area contributed by atoms with Gasteiger partial charge in [-0.05, 0) is 28.8 Å². The summed E-state index contributed by atoms with van der Waals surface area (Å²) in [6.45, 7) is 0. The smallest absolute Gasteiger partial charge is 0.256 e. The molecule has 0 aromatic heterocycles. The van der Waals surface area contributed by atoms with E-state index in [9.17, 15) is 4.57 Å². The molecule has 0 saturated heterocycles. The van der Waals surface area contributed by atoms with Gasteiger partial charge in [0.15, 0.2) is 0 Å². The fourth-order valence-electron chi connectivity index (χ4n) is 0.0672. The summed E-state index contributed by atoms with van der Waals surface area (Å²) in [5, 5.41) is 0. The Morgan fingerprint density at radius 2 is 2.14 bits per heavy atom. The summed E-state index contributed by atoms with van der Waals surface area (Å²) >= 11 is 9.77. The quantitative estimate of drug-likeness (QED) is 0.609. The van der Waals surface area contributed by atoms with Gasteiger partial charge in [-0.3, -0.25) is 4.57 Å². The molecule has 0 saturated carbocycles. The lowest BCUT2D eigenvalue weighted by molar-refractivity contribution is 0.541. The predicted octanol–water partition coefficient (Wildman–Crippen LogP) is 2.88. The van der Waals surface area contributed by atoms with Crippen LogP contribution in [0, 0.1) is 0 Å². The molecule has 0 radical (unpaired) electrons. The van der Waals surface area contributed by atoms with Crippen LogP contribution in [0.1, 0.15) is 0 Å². The minimum absolute atomic E-state index is 0.232. The second-order valence-corrected chi connectivity index (χ2v) is 5.55. The SMILES string of the molecule is C=POP(=O)(Cl)Cl. The Balaban J connectivity index is 3.57. The van der Waals surface area contributed by atoms with Crippen molar-refractivity contribution in [3.05, 3.63) is 0 Å². The van der Waals surface area contributed by atoms with Crippen molar-refractivity contribution in [2.75, 3.05) is 0 Å². The molecule has 0 atom stereocenters. The zero-order chi connectivity index (χ0) is 5.91. The molecule has 0 aliphatic carbocycles. The molecule has 0 spiro atoms. The zero-order valence-electron chi connectivity index (χ0n) is 3.17. The van der Waals surface area contributed by atoms with E-state index < -0.39 is 6.07 Å². The van der Waals surface area contributed by atoms with E-state index >= 15 is 0 Å². The van der Waals surface area contributed by atoms with Gasteiger partial charge in [0.25, 0.3) is 0 Å². The molecular formula is CH2Cl2O2P2. The van der Waals surface area contributed by atoms with Gasteiger partial charge in [-0.1, -0.05) is 0 Å². The molecule has 0 N–H and O–H groups in total. The highest BCUT2D eigenvalue weighted by atomic mass is 35.9. The van der Waals surface area contributed by atoms with Crippen molar-refractivity contribution in [2.24, 2.45) is 0 Å². The van der Waals surface area contributed by atoms with E-state index in [1.807, 2.05) is 0 Å². The van der Waals surface area contributed by atoms with E-state index in [4.69, 9.17) is 22.5 Å². The van der Waals surface area contributed by atoms with Gasteiger partial charge < -0.3 is 0 Å². The van der Waals surface area contributed by atoms with Crippen molar-refractivity contribution in [1.29, 1.82) is 0 Å². The summed E-state index contributed by atoms with van der Waals surface area (Å²) < 4.78 is 14.3. The highest BCUT2D eigenvalue weighted by Crippen LogP contribution is 2.59. The van der Waals surface area contributed by atoms with Gasteiger partial charge in [-0.25, -0.2) is 4.31 Å². The maximum Gasteiger partial charge on any atom is 0.388 e. The second kappa shape index (κ2) is 3.06. The van der Waals surface area contributed by atoms with E-state index in [-0.39, 0.29) is 8.43 Å². The average Bonchev–Trinajstić information content (AvgIpc) is 1.30. The molecule has 0 amide bonds. The lowest BCUT2D eigenvalue weighted by Gasteiger charge is -1.90. The normalized spacial score (nSPS) is 12.3. The van der Waals surface area contributed by atoms with Gasteiger partial charge in [0.05, 0.1) is 8.43 Å². The van der Waals surface area contributed by atoms with Crippen molar-refractivity contribution < 1.29 is 8.88 Å². The first-order valence-corrected chi connectivity index (χ1v) is 5.63. The topological polar surface area (TPSA) is 26.3 Å². The van der Waals surface area contributed by atoms with Gasteiger partial charge >= 0.3 is 6.07 Å². The Kier molecular flexibility index (Phi) is 3.48. The van der Waals surface area contributed by atoms with Gasteiger partial charge in [0, 0.05) is 0 Å². The predicted molar refractivity (Wildman–Crippen MR) is 34.4 cm³/mol. The fraction of sp³-hybridized carbons (Fsp3) is 0. The second-order valence-electron chi connectivity index (χ2n) is 0.625.